The second kappa shape index (κ2) is 17.2. The Balaban J connectivity index is 0.000000291. The number of aryl methyl sites for hydroxylation is 4. The molecule has 0 aliphatic carbocycles. The van der Waals surface area contributed by atoms with Gasteiger partial charge in [0.25, 0.3) is 11.8 Å². The number of hydrogen-bond donors (Lipinski definition) is 4. The van der Waals surface area contributed by atoms with E-state index >= 15 is 0 Å². The van der Waals surface area contributed by atoms with Gasteiger partial charge in [-0.3, -0.25) is 9.59 Å². The van der Waals surface area contributed by atoms with E-state index in [-0.39, 0.29) is 27.3 Å². The van der Waals surface area contributed by atoms with E-state index in [4.69, 9.17) is 22.9 Å². The highest BCUT2D eigenvalue weighted by atomic mass is 32.2. The van der Waals surface area contributed by atoms with Gasteiger partial charge in [0, 0.05) is 20.9 Å². The highest BCUT2D eigenvalue weighted by molar-refractivity contribution is 7.99. The molecule has 288 valence electrons. The first-order valence-corrected chi connectivity index (χ1v) is 18.1. The summed E-state index contributed by atoms with van der Waals surface area (Å²) in [7, 11) is -4.48. The zero-order valence-corrected chi connectivity index (χ0v) is 30.9. The molecule has 0 fully saturated rings. The Labute approximate surface area is 311 Å². The lowest BCUT2D eigenvalue weighted by Crippen LogP contribution is -2.25. The van der Waals surface area contributed by atoms with E-state index in [9.17, 15) is 44.3 Å². The number of aliphatic imine (C=N–C) groups is 2. The van der Waals surface area contributed by atoms with Gasteiger partial charge < -0.3 is 22.9 Å². The van der Waals surface area contributed by atoms with E-state index in [0.29, 0.717) is 22.9 Å². The minimum absolute atomic E-state index is 0.0273. The Kier molecular flexibility index (Phi) is 13.7. The summed E-state index contributed by atoms with van der Waals surface area (Å²) >= 11 is 0.997. The lowest BCUT2D eigenvalue weighted by atomic mass is 10.0. The number of sulfone groups is 1. The summed E-state index contributed by atoms with van der Waals surface area (Å²) in [5.74, 6) is -3.08. The molecular formula is C36H36F6N6O4S2. The number of rotatable bonds is 8. The van der Waals surface area contributed by atoms with Gasteiger partial charge in [0.1, 0.15) is 0 Å². The van der Waals surface area contributed by atoms with E-state index in [1.165, 1.54) is 30.3 Å². The minimum Gasteiger partial charge on any atom is -0.370 e. The zero-order valence-electron chi connectivity index (χ0n) is 29.3. The van der Waals surface area contributed by atoms with Gasteiger partial charge >= 0.3 is 12.4 Å². The number of carbonyl (C=O) groups excluding carboxylic acids is 2. The molecule has 0 saturated heterocycles. The third kappa shape index (κ3) is 10.8. The van der Waals surface area contributed by atoms with Crippen molar-refractivity contribution in [3.05, 3.63) is 117 Å². The molecule has 2 amide bonds. The molecule has 4 rings (SSSR count). The number of alkyl halides is 6. The molecule has 8 N–H and O–H groups in total. The van der Waals surface area contributed by atoms with Gasteiger partial charge in [-0.05, 0) is 86.3 Å². The van der Waals surface area contributed by atoms with Crippen molar-refractivity contribution in [2.75, 3.05) is 0 Å². The summed E-state index contributed by atoms with van der Waals surface area (Å²) in [5, 5.41) is 0. The highest BCUT2D eigenvalue weighted by Crippen LogP contribution is 2.42. The molecule has 0 unspecified atom stereocenters. The summed E-state index contributed by atoms with van der Waals surface area (Å²) in [6.45, 7) is 6.93. The Morgan fingerprint density at radius 2 is 1.06 bits per heavy atom. The van der Waals surface area contributed by atoms with Gasteiger partial charge in [0.2, 0.25) is 9.84 Å². The third-order valence-electron chi connectivity index (χ3n) is 7.58. The molecule has 0 spiro atoms. The van der Waals surface area contributed by atoms with Crippen molar-refractivity contribution >= 4 is 45.3 Å². The first-order chi connectivity index (χ1) is 25.0. The van der Waals surface area contributed by atoms with Gasteiger partial charge in [0.05, 0.1) is 20.9 Å². The van der Waals surface area contributed by atoms with E-state index in [2.05, 4.69) is 9.98 Å². The second-order valence-corrected chi connectivity index (χ2v) is 14.7. The lowest BCUT2D eigenvalue weighted by molar-refractivity contribution is -0.140. The number of benzene rings is 4. The summed E-state index contributed by atoms with van der Waals surface area (Å²) in [5.41, 5.74) is 20.0. The normalized spacial score (nSPS) is 11.6. The molecular weight excluding hydrogens is 759 g/mol. The quantitative estimate of drug-likeness (QED) is 0.0828. The van der Waals surface area contributed by atoms with Crippen LogP contribution in [0.2, 0.25) is 0 Å². The number of amides is 2. The molecule has 0 aliphatic rings. The number of guanidine groups is 2. The van der Waals surface area contributed by atoms with Gasteiger partial charge in [-0.2, -0.15) is 36.3 Å². The van der Waals surface area contributed by atoms with Gasteiger partial charge in [-0.15, -0.1) is 0 Å². The number of nitrogens with two attached hydrogens (primary N) is 4. The molecule has 0 saturated carbocycles. The fourth-order valence-corrected chi connectivity index (χ4v) is 7.43. The maximum Gasteiger partial charge on any atom is 0.417 e. The van der Waals surface area contributed by atoms with Crippen LogP contribution < -0.4 is 22.9 Å². The van der Waals surface area contributed by atoms with Crippen LogP contribution in [-0.4, -0.2) is 32.2 Å². The molecule has 0 radical (unpaired) electrons. The second-order valence-electron chi connectivity index (χ2n) is 11.6. The molecule has 10 nitrogen and oxygen atoms in total. The predicted molar refractivity (Wildman–Crippen MR) is 194 cm³/mol. The minimum atomic E-state index is -5.02. The third-order valence-corrected chi connectivity index (χ3v) is 10.5. The Hall–Kier alpha value is -5.36. The SMILES string of the molecule is CCc1cc(S(=O)(=O)c2ccc(C)cc2)c(C(F)(F)F)cc1C(=O)N=C(N)N.CCc1cc(Sc2ccc(C)cc2)c(C(F)(F)F)cc1C(=O)N=C(N)N. The van der Waals surface area contributed by atoms with Crippen molar-refractivity contribution in [3.8, 4) is 0 Å². The first kappa shape index (κ1) is 43.0. The van der Waals surface area contributed by atoms with Crippen LogP contribution >= 0.6 is 11.8 Å². The van der Waals surface area contributed by atoms with E-state index in [0.717, 1.165) is 35.0 Å². The number of nitrogens with zero attached hydrogens (tertiary/aromatic N) is 2. The van der Waals surface area contributed by atoms with Crippen molar-refractivity contribution in [1.82, 2.24) is 0 Å². The largest absolute Gasteiger partial charge is 0.417 e. The van der Waals surface area contributed by atoms with E-state index in [1.807, 2.05) is 19.1 Å². The van der Waals surface area contributed by atoms with Crippen molar-refractivity contribution in [3.63, 3.8) is 0 Å². The molecule has 0 atom stereocenters. The standard InChI is InChI=1S/C18H18F3N3O3S.C18H18F3N3OS/c1-3-11-8-15(28(26,27)12-6-4-10(2)5-7-12)14(18(19,20)21)9-13(11)16(25)24-17(22)23;1-3-11-8-15(26-12-6-4-10(2)5-7-12)14(18(19,20)21)9-13(11)16(25)24-17(22)23/h4-9H,3H2,1-2H3,(H4,22,23,24,25);4-9H,3H2,1-2H3,(H4,22,23,24,25). The molecule has 18 heteroatoms. The lowest BCUT2D eigenvalue weighted by Gasteiger charge is -2.17. The summed E-state index contributed by atoms with van der Waals surface area (Å²) in [4.78, 5) is 30.3. The van der Waals surface area contributed by atoms with Gasteiger partial charge in [-0.25, -0.2) is 8.42 Å². The molecule has 0 aliphatic heterocycles. The van der Waals surface area contributed by atoms with Crippen LogP contribution in [0.5, 0.6) is 0 Å². The average molecular weight is 795 g/mol. The number of hydrogen-bond acceptors (Lipinski definition) is 5. The van der Waals surface area contributed by atoms with Crippen molar-refractivity contribution in [2.45, 2.75) is 72.5 Å². The Bertz CT molecular complexity index is 2200. The van der Waals surface area contributed by atoms with Gasteiger partial charge in [0.15, 0.2) is 11.9 Å². The molecule has 0 heterocycles. The topological polar surface area (TPSA) is 197 Å². The summed E-state index contributed by atoms with van der Waals surface area (Å²) in [6.07, 6.45) is -9.19. The predicted octanol–water partition coefficient (Wildman–Crippen LogP) is 6.96. The maximum absolute atomic E-state index is 13.6. The molecule has 54 heavy (non-hydrogen) atoms. The van der Waals surface area contributed by atoms with Crippen LogP contribution in [0, 0.1) is 13.8 Å². The number of halogens is 6. The van der Waals surface area contributed by atoms with Crippen molar-refractivity contribution < 1.29 is 44.3 Å². The van der Waals surface area contributed by atoms with E-state index < -0.39 is 67.5 Å². The Morgan fingerprint density at radius 1 is 0.648 bits per heavy atom. The monoisotopic (exact) mass is 794 g/mol. The van der Waals surface area contributed by atoms with Gasteiger partial charge in [-0.1, -0.05) is 61.0 Å². The van der Waals surface area contributed by atoms with Crippen LogP contribution in [-0.2, 0) is 35.0 Å². The van der Waals surface area contributed by atoms with E-state index in [1.54, 1.807) is 32.9 Å². The highest BCUT2D eigenvalue weighted by Gasteiger charge is 2.39. The maximum atomic E-state index is 13.6. The van der Waals surface area contributed by atoms with Crippen LogP contribution in [0.15, 0.2) is 102 Å². The smallest absolute Gasteiger partial charge is 0.370 e. The molecule has 0 bridgehead atoms. The van der Waals surface area contributed by atoms with Crippen molar-refractivity contribution in [1.29, 1.82) is 0 Å². The van der Waals surface area contributed by atoms with Crippen molar-refractivity contribution in [2.24, 2.45) is 32.9 Å². The first-order valence-electron chi connectivity index (χ1n) is 15.8. The van der Waals surface area contributed by atoms with Crippen LogP contribution in [0.1, 0.15) is 67.9 Å². The zero-order chi connectivity index (χ0) is 40.8. The molecule has 4 aromatic carbocycles. The van der Waals surface area contributed by atoms with Crippen LogP contribution in [0.4, 0.5) is 26.3 Å². The number of carbonyl (C=O) groups is 2. The molecule has 4 aromatic rings. The van der Waals surface area contributed by atoms with Crippen LogP contribution in [0.25, 0.3) is 0 Å². The fourth-order valence-electron chi connectivity index (χ4n) is 4.91. The summed E-state index contributed by atoms with van der Waals surface area (Å²) in [6, 6.07) is 16.1. The summed E-state index contributed by atoms with van der Waals surface area (Å²) < 4.78 is 107. The Morgan fingerprint density at radius 3 is 1.46 bits per heavy atom. The average Bonchev–Trinajstić information content (AvgIpc) is 3.07. The van der Waals surface area contributed by atoms with Crippen LogP contribution in [0.3, 0.4) is 0 Å². The molecule has 0 aromatic heterocycles. The fraction of sp³-hybridized carbons (Fsp3) is 0.222.